The van der Waals surface area contributed by atoms with Crippen LogP contribution in [0.3, 0.4) is 0 Å². The molecule has 3 unspecified atom stereocenters. The molecule has 6 heteroatoms. The molecule has 1 saturated heterocycles. The van der Waals surface area contributed by atoms with Crippen molar-refractivity contribution in [2.45, 2.75) is 51.7 Å². The fourth-order valence-corrected chi connectivity index (χ4v) is 2.95. The number of rotatable bonds is 5. The molecule has 0 saturated carbocycles. The van der Waals surface area contributed by atoms with E-state index in [1.807, 2.05) is 13.8 Å². The highest BCUT2D eigenvalue weighted by Crippen LogP contribution is 2.12. The van der Waals surface area contributed by atoms with E-state index in [1.165, 1.54) is 18.2 Å². The van der Waals surface area contributed by atoms with Crippen molar-refractivity contribution in [3.63, 3.8) is 0 Å². The fourth-order valence-electron chi connectivity index (χ4n) is 2.95. The molecule has 24 heavy (non-hydrogen) atoms. The zero-order valence-corrected chi connectivity index (χ0v) is 14.4. The van der Waals surface area contributed by atoms with E-state index in [4.69, 9.17) is 0 Å². The minimum absolute atomic E-state index is 0.0496. The summed E-state index contributed by atoms with van der Waals surface area (Å²) in [5.74, 6) is -1.47. The van der Waals surface area contributed by atoms with Gasteiger partial charge in [-0.1, -0.05) is 26.0 Å². The first kappa shape index (κ1) is 18.4. The Hall–Kier alpha value is -1.95. The van der Waals surface area contributed by atoms with E-state index in [2.05, 4.69) is 22.9 Å². The minimum Gasteiger partial charge on any atom is -0.351 e. The van der Waals surface area contributed by atoms with Gasteiger partial charge in [-0.15, -0.1) is 0 Å². The third kappa shape index (κ3) is 4.77. The van der Waals surface area contributed by atoms with E-state index in [0.717, 1.165) is 19.4 Å². The maximum Gasteiger partial charge on any atom is 0.254 e. The highest BCUT2D eigenvalue weighted by Gasteiger charge is 2.28. The van der Waals surface area contributed by atoms with Gasteiger partial charge in [0.05, 0.1) is 5.56 Å². The second-order valence-corrected chi connectivity index (χ2v) is 6.76. The van der Waals surface area contributed by atoms with Crippen molar-refractivity contribution >= 4 is 11.8 Å². The Bertz CT molecular complexity index is 591. The van der Waals surface area contributed by atoms with Crippen molar-refractivity contribution in [3.05, 3.63) is 35.6 Å². The molecule has 0 radical (unpaired) electrons. The average molecular weight is 335 g/mol. The highest BCUT2D eigenvalue weighted by atomic mass is 19.1. The summed E-state index contributed by atoms with van der Waals surface area (Å²) in [6, 6.07) is 5.53. The van der Waals surface area contributed by atoms with Crippen LogP contribution >= 0.6 is 0 Å². The van der Waals surface area contributed by atoms with Gasteiger partial charge in [0.1, 0.15) is 11.9 Å². The Kier molecular flexibility index (Phi) is 6.31. The van der Waals surface area contributed by atoms with Crippen LogP contribution in [0.15, 0.2) is 24.3 Å². The van der Waals surface area contributed by atoms with E-state index >= 15 is 0 Å². The number of hydrogen-bond acceptors (Lipinski definition) is 3. The van der Waals surface area contributed by atoms with Crippen LogP contribution in [0.5, 0.6) is 0 Å². The Morgan fingerprint density at radius 3 is 2.62 bits per heavy atom. The molecule has 0 bridgehead atoms. The molecular formula is C18H26FN3O2. The van der Waals surface area contributed by atoms with Crippen molar-refractivity contribution in [1.82, 2.24) is 16.0 Å². The van der Waals surface area contributed by atoms with Gasteiger partial charge in [0.2, 0.25) is 5.91 Å². The van der Waals surface area contributed by atoms with Crippen LogP contribution in [-0.4, -0.2) is 36.5 Å². The van der Waals surface area contributed by atoms with Crippen LogP contribution in [0.4, 0.5) is 4.39 Å². The molecule has 0 spiro atoms. The molecule has 1 aliphatic rings. The normalized spacial score (nSPS) is 22.0. The van der Waals surface area contributed by atoms with Crippen LogP contribution in [0.25, 0.3) is 0 Å². The summed E-state index contributed by atoms with van der Waals surface area (Å²) in [6.07, 6.45) is 1.72. The third-order valence-corrected chi connectivity index (χ3v) is 4.32. The Morgan fingerprint density at radius 2 is 2.00 bits per heavy atom. The number of carbonyl (C=O) groups excluding carboxylic acids is 2. The van der Waals surface area contributed by atoms with Crippen LogP contribution in [0.2, 0.25) is 0 Å². The SMILES string of the molecule is CC1CC(NC(=O)C(NC(=O)c2ccccc2F)C(C)C)CCN1. The minimum atomic E-state index is -0.692. The van der Waals surface area contributed by atoms with Gasteiger partial charge < -0.3 is 16.0 Å². The van der Waals surface area contributed by atoms with Gasteiger partial charge in [-0.05, 0) is 44.4 Å². The largest absolute Gasteiger partial charge is 0.351 e. The number of hydrogen-bond donors (Lipinski definition) is 3. The first-order valence-electron chi connectivity index (χ1n) is 8.47. The second kappa shape index (κ2) is 8.24. The number of piperidine rings is 1. The lowest BCUT2D eigenvalue weighted by atomic mass is 9.98. The summed E-state index contributed by atoms with van der Waals surface area (Å²) in [5.41, 5.74) is -0.0496. The standard InChI is InChI=1S/C18H26FN3O2/c1-11(2)16(18(24)21-13-8-9-20-12(3)10-13)22-17(23)14-6-4-5-7-15(14)19/h4-7,11-13,16,20H,8-10H2,1-3H3,(H,21,24)(H,22,23). The van der Waals surface area contributed by atoms with Crippen molar-refractivity contribution in [3.8, 4) is 0 Å². The van der Waals surface area contributed by atoms with Gasteiger partial charge in [-0.25, -0.2) is 4.39 Å². The Balaban J connectivity index is 2.02. The molecule has 1 aromatic rings. The van der Waals surface area contributed by atoms with Gasteiger partial charge in [0.25, 0.3) is 5.91 Å². The molecule has 3 N–H and O–H groups in total. The molecule has 0 aromatic heterocycles. The molecule has 132 valence electrons. The Labute approximate surface area is 142 Å². The molecule has 1 fully saturated rings. The van der Waals surface area contributed by atoms with Crippen molar-refractivity contribution in [2.24, 2.45) is 5.92 Å². The maximum absolute atomic E-state index is 13.7. The molecule has 2 amide bonds. The molecule has 2 rings (SSSR count). The number of nitrogens with one attached hydrogen (secondary N) is 3. The van der Waals surface area contributed by atoms with Gasteiger partial charge >= 0.3 is 0 Å². The van der Waals surface area contributed by atoms with Crippen molar-refractivity contribution < 1.29 is 14.0 Å². The number of amides is 2. The smallest absolute Gasteiger partial charge is 0.254 e. The topological polar surface area (TPSA) is 70.2 Å². The first-order chi connectivity index (χ1) is 11.4. The summed E-state index contributed by atoms with van der Waals surface area (Å²) in [6.45, 7) is 6.66. The van der Waals surface area contributed by atoms with Crippen LogP contribution in [0.1, 0.15) is 44.0 Å². The van der Waals surface area contributed by atoms with Crippen molar-refractivity contribution in [1.29, 1.82) is 0 Å². The monoisotopic (exact) mass is 335 g/mol. The van der Waals surface area contributed by atoms with Gasteiger partial charge in [-0.2, -0.15) is 0 Å². The lowest BCUT2D eigenvalue weighted by Crippen LogP contribution is -2.54. The Morgan fingerprint density at radius 1 is 1.29 bits per heavy atom. The van der Waals surface area contributed by atoms with Crippen molar-refractivity contribution in [2.75, 3.05) is 6.54 Å². The lowest BCUT2D eigenvalue weighted by molar-refractivity contribution is -0.124. The number of benzene rings is 1. The number of halogens is 1. The first-order valence-corrected chi connectivity index (χ1v) is 8.47. The van der Waals surface area contributed by atoms with Crippen LogP contribution in [-0.2, 0) is 4.79 Å². The van der Waals surface area contributed by atoms with E-state index in [9.17, 15) is 14.0 Å². The summed E-state index contributed by atoms with van der Waals surface area (Å²) >= 11 is 0. The van der Waals surface area contributed by atoms with Gasteiger partial charge in [0, 0.05) is 12.1 Å². The van der Waals surface area contributed by atoms with E-state index in [0.29, 0.717) is 6.04 Å². The zero-order valence-electron chi connectivity index (χ0n) is 14.4. The molecule has 0 aliphatic carbocycles. The number of carbonyl (C=O) groups is 2. The molecule has 1 heterocycles. The molecular weight excluding hydrogens is 309 g/mol. The summed E-state index contributed by atoms with van der Waals surface area (Å²) in [7, 11) is 0. The fraction of sp³-hybridized carbons (Fsp3) is 0.556. The van der Waals surface area contributed by atoms with E-state index < -0.39 is 17.8 Å². The summed E-state index contributed by atoms with van der Waals surface area (Å²) < 4.78 is 13.7. The molecule has 1 aliphatic heterocycles. The highest BCUT2D eigenvalue weighted by molar-refractivity contribution is 5.97. The summed E-state index contributed by atoms with van der Waals surface area (Å²) in [5, 5.41) is 9.02. The van der Waals surface area contributed by atoms with Crippen LogP contribution in [0, 0.1) is 11.7 Å². The van der Waals surface area contributed by atoms with E-state index in [-0.39, 0.29) is 23.4 Å². The van der Waals surface area contributed by atoms with Crippen LogP contribution < -0.4 is 16.0 Å². The molecule has 3 atom stereocenters. The predicted molar refractivity (Wildman–Crippen MR) is 91.1 cm³/mol. The zero-order chi connectivity index (χ0) is 17.7. The summed E-state index contributed by atoms with van der Waals surface area (Å²) in [4.78, 5) is 24.9. The van der Waals surface area contributed by atoms with E-state index in [1.54, 1.807) is 6.07 Å². The van der Waals surface area contributed by atoms with Gasteiger partial charge in [-0.3, -0.25) is 9.59 Å². The maximum atomic E-state index is 13.7. The molecule has 5 nitrogen and oxygen atoms in total. The molecule has 1 aromatic carbocycles. The van der Waals surface area contributed by atoms with Gasteiger partial charge in [0.15, 0.2) is 0 Å². The quantitative estimate of drug-likeness (QED) is 0.769. The lowest BCUT2D eigenvalue weighted by Gasteiger charge is -2.31. The predicted octanol–water partition coefficient (Wildman–Crippen LogP) is 1.84. The third-order valence-electron chi connectivity index (χ3n) is 4.32. The average Bonchev–Trinajstić information content (AvgIpc) is 2.52. The second-order valence-electron chi connectivity index (χ2n) is 6.76.